The van der Waals surface area contributed by atoms with Crippen molar-refractivity contribution in [3.8, 4) is 0 Å². The normalized spacial score (nSPS) is 13.9. The molecule has 0 saturated heterocycles. The Bertz CT molecular complexity index is 577. The van der Waals surface area contributed by atoms with Gasteiger partial charge in [-0.25, -0.2) is 4.79 Å². The number of carbonyl (C=O) groups excluding carboxylic acids is 1. The summed E-state index contributed by atoms with van der Waals surface area (Å²) in [6, 6.07) is 1.31. The number of rotatable bonds is 2. The molecule has 96 valence electrons. The molecule has 1 aliphatic heterocycles. The maximum atomic E-state index is 11.6. The number of esters is 1. The van der Waals surface area contributed by atoms with Crippen LogP contribution in [0.2, 0.25) is 0 Å². The molecule has 0 saturated carbocycles. The number of anilines is 2. The van der Waals surface area contributed by atoms with Gasteiger partial charge in [0, 0.05) is 13.1 Å². The van der Waals surface area contributed by atoms with Crippen LogP contribution in [0.15, 0.2) is 16.0 Å². The Morgan fingerprint density at radius 1 is 1.61 bits per heavy atom. The first kappa shape index (κ1) is 12.1. The van der Waals surface area contributed by atoms with E-state index in [-0.39, 0.29) is 24.8 Å². The van der Waals surface area contributed by atoms with Crippen molar-refractivity contribution < 1.29 is 9.53 Å². The molecule has 2 heterocycles. The van der Waals surface area contributed by atoms with Gasteiger partial charge in [0.25, 0.3) is 5.56 Å². The van der Waals surface area contributed by atoms with Crippen LogP contribution in [0.25, 0.3) is 0 Å². The van der Waals surface area contributed by atoms with Gasteiger partial charge in [-0.3, -0.25) is 14.4 Å². The van der Waals surface area contributed by atoms with Crippen molar-refractivity contribution in [2.24, 2.45) is 5.10 Å². The monoisotopic (exact) mass is 251 g/mol. The molecule has 1 aromatic rings. The van der Waals surface area contributed by atoms with E-state index in [2.05, 4.69) is 10.1 Å². The Kier molecular flexibility index (Phi) is 3.00. The first-order valence-electron chi connectivity index (χ1n) is 5.38. The van der Waals surface area contributed by atoms with Gasteiger partial charge < -0.3 is 10.5 Å². The van der Waals surface area contributed by atoms with Crippen LogP contribution in [0.1, 0.15) is 6.92 Å². The van der Waals surface area contributed by atoms with Crippen LogP contribution in [-0.4, -0.2) is 34.9 Å². The quantitative estimate of drug-likeness (QED) is 0.690. The van der Waals surface area contributed by atoms with E-state index in [0.29, 0.717) is 5.82 Å². The lowest BCUT2D eigenvalue weighted by molar-refractivity contribution is -0.135. The summed E-state index contributed by atoms with van der Waals surface area (Å²) in [6.07, 6.45) is 0. The highest BCUT2D eigenvalue weighted by molar-refractivity contribution is 6.36. The zero-order chi connectivity index (χ0) is 13.3. The lowest BCUT2D eigenvalue weighted by Crippen LogP contribution is -2.35. The number of fused-ring (bicyclic) bond motifs is 1. The number of nitrogens with zero attached hydrogens (tertiary/aromatic N) is 4. The smallest absolute Gasteiger partial charge is 0.356 e. The zero-order valence-corrected chi connectivity index (χ0v) is 10.1. The number of hydrazone groups is 1. The van der Waals surface area contributed by atoms with Gasteiger partial charge in [-0.15, -0.1) is 0 Å². The highest BCUT2D eigenvalue weighted by Crippen LogP contribution is 2.18. The second kappa shape index (κ2) is 4.47. The van der Waals surface area contributed by atoms with Gasteiger partial charge in [0.15, 0.2) is 5.71 Å². The molecular formula is C10H13N5O3. The first-order chi connectivity index (χ1) is 8.52. The fourth-order valence-corrected chi connectivity index (χ4v) is 1.67. The van der Waals surface area contributed by atoms with E-state index in [0.717, 1.165) is 0 Å². The molecule has 8 nitrogen and oxygen atoms in total. The summed E-state index contributed by atoms with van der Waals surface area (Å²) in [6.45, 7) is 2.12. The maximum Gasteiger partial charge on any atom is 0.356 e. The lowest BCUT2D eigenvalue weighted by atomic mass is 10.3. The van der Waals surface area contributed by atoms with Crippen LogP contribution in [0.4, 0.5) is 11.8 Å². The number of hydrogen-bond donors (Lipinski definition) is 1. The molecule has 18 heavy (non-hydrogen) atoms. The van der Waals surface area contributed by atoms with E-state index < -0.39 is 11.5 Å². The third-order valence-corrected chi connectivity index (χ3v) is 2.45. The van der Waals surface area contributed by atoms with Crippen LogP contribution < -0.4 is 16.3 Å². The molecule has 2 N–H and O–H groups in total. The molecule has 0 aliphatic carbocycles. The molecule has 0 aromatic carbocycles. The molecule has 0 unspecified atom stereocenters. The maximum absolute atomic E-state index is 11.6. The third kappa shape index (κ3) is 2.04. The van der Waals surface area contributed by atoms with Gasteiger partial charge in [0.1, 0.15) is 5.82 Å². The van der Waals surface area contributed by atoms with Crippen LogP contribution in [-0.2, 0) is 16.1 Å². The van der Waals surface area contributed by atoms with Crippen LogP contribution in [0.5, 0.6) is 0 Å². The SMILES string of the molecule is CCOC(=O)C1=NN(C)c2cc(=O)nc(N)n2C1. The van der Waals surface area contributed by atoms with E-state index >= 15 is 0 Å². The molecule has 1 aliphatic rings. The van der Waals surface area contributed by atoms with Gasteiger partial charge in [-0.05, 0) is 6.92 Å². The van der Waals surface area contributed by atoms with Crippen molar-refractivity contribution in [3.63, 3.8) is 0 Å². The Hall–Kier alpha value is -2.38. The van der Waals surface area contributed by atoms with E-state index in [1.54, 1.807) is 14.0 Å². The summed E-state index contributed by atoms with van der Waals surface area (Å²) in [5.41, 5.74) is 5.43. The predicted octanol–water partition coefficient (Wildman–Crippen LogP) is -0.806. The molecule has 0 spiro atoms. The van der Waals surface area contributed by atoms with Crippen molar-refractivity contribution >= 4 is 23.4 Å². The number of nitrogen functional groups attached to an aromatic ring is 1. The highest BCUT2D eigenvalue weighted by atomic mass is 16.5. The van der Waals surface area contributed by atoms with E-state index in [4.69, 9.17) is 10.5 Å². The van der Waals surface area contributed by atoms with E-state index in [9.17, 15) is 9.59 Å². The first-order valence-corrected chi connectivity index (χ1v) is 5.38. The molecule has 0 fully saturated rings. The Morgan fingerprint density at radius 2 is 2.33 bits per heavy atom. The van der Waals surface area contributed by atoms with Crippen LogP contribution >= 0.6 is 0 Å². The van der Waals surface area contributed by atoms with Crippen molar-refractivity contribution in [3.05, 3.63) is 16.4 Å². The summed E-state index contributed by atoms with van der Waals surface area (Å²) in [5.74, 6) is 0.0229. The number of carbonyl (C=O) groups is 1. The second-order valence-corrected chi connectivity index (χ2v) is 3.69. The molecule has 1 aromatic heterocycles. The Morgan fingerprint density at radius 3 is 3.00 bits per heavy atom. The van der Waals surface area contributed by atoms with Gasteiger partial charge in [-0.1, -0.05) is 0 Å². The largest absolute Gasteiger partial charge is 0.461 e. The molecule has 0 bridgehead atoms. The summed E-state index contributed by atoms with van der Waals surface area (Å²) >= 11 is 0. The fourth-order valence-electron chi connectivity index (χ4n) is 1.67. The molecule has 2 rings (SSSR count). The van der Waals surface area contributed by atoms with Crippen LogP contribution in [0.3, 0.4) is 0 Å². The van der Waals surface area contributed by atoms with Gasteiger partial charge >= 0.3 is 5.97 Å². The van der Waals surface area contributed by atoms with Crippen molar-refractivity contribution in [1.82, 2.24) is 9.55 Å². The van der Waals surface area contributed by atoms with E-state index in [1.807, 2.05) is 0 Å². The summed E-state index contributed by atoms with van der Waals surface area (Å²) in [7, 11) is 1.61. The average Bonchev–Trinajstić information content (AvgIpc) is 2.30. The van der Waals surface area contributed by atoms with Gasteiger partial charge in [0.05, 0.1) is 13.2 Å². The summed E-state index contributed by atoms with van der Waals surface area (Å²) in [4.78, 5) is 26.5. The van der Waals surface area contributed by atoms with Gasteiger partial charge in [-0.2, -0.15) is 10.1 Å². The number of hydrogen-bond acceptors (Lipinski definition) is 7. The molecule has 0 amide bonds. The fraction of sp³-hybridized carbons (Fsp3) is 0.400. The Balaban J connectivity index is 2.41. The minimum Gasteiger partial charge on any atom is -0.461 e. The second-order valence-electron chi connectivity index (χ2n) is 3.69. The number of ether oxygens (including phenoxy) is 1. The zero-order valence-electron chi connectivity index (χ0n) is 10.1. The minimum absolute atomic E-state index is 0.0426. The topological polar surface area (TPSA) is 103 Å². The number of nitrogens with two attached hydrogens (primary N) is 1. The summed E-state index contributed by atoms with van der Waals surface area (Å²) in [5, 5.41) is 5.45. The highest BCUT2D eigenvalue weighted by Gasteiger charge is 2.23. The molecule has 0 radical (unpaired) electrons. The van der Waals surface area contributed by atoms with Crippen molar-refractivity contribution in [2.45, 2.75) is 13.5 Å². The van der Waals surface area contributed by atoms with E-state index in [1.165, 1.54) is 15.6 Å². The average molecular weight is 251 g/mol. The minimum atomic E-state index is -0.506. The molecule has 0 atom stereocenters. The van der Waals surface area contributed by atoms with Crippen LogP contribution in [0, 0.1) is 0 Å². The molecular weight excluding hydrogens is 238 g/mol. The van der Waals surface area contributed by atoms with Crippen molar-refractivity contribution in [2.75, 3.05) is 24.4 Å². The summed E-state index contributed by atoms with van der Waals surface area (Å²) < 4.78 is 6.40. The lowest BCUT2D eigenvalue weighted by Gasteiger charge is -2.25. The third-order valence-electron chi connectivity index (χ3n) is 2.45. The standard InChI is InChI=1S/C10H13N5O3/c1-3-18-9(17)6-5-15-8(14(2)13-6)4-7(16)12-10(15)11/h4H,3,5H2,1-2H3,(H2,11,12,16). The Labute approximate surface area is 103 Å². The predicted molar refractivity (Wildman–Crippen MR) is 65.4 cm³/mol. The number of aromatic nitrogens is 2. The van der Waals surface area contributed by atoms with Crippen molar-refractivity contribution in [1.29, 1.82) is 0 Å². The molecule has 8 heteroatoms. The van der Waals surface area contributed by atoms with Gasteiger partial charge in [0.2, 0.25) is 5.95 Å².